The van der Waals surface area contributed by atoms with Crippen molar-refractivity contribution in [1.82, 2.24) is 0 Å². The minimum absolute atomic E-state index is 0.0142. The Morgan fingerprint density at radius 2 is 0.690 bits per heavy atom. The zero-order valence-corrected chi connectivity index (χ0v) is 58.3. The Morgan fingerprint density at radius 1 is 0.345 bits per heavy atom. The normalized spacial score (nSPS) is 19.0. The number of hydrogen-bond acceptors (Lipinski definition) is 39. The van der Waals surface area contributed by atoms with E-state index in [0.29, 0.717) is 5.56 Å². The molecule has 5 heterocycles. The van der Waals surface area contributed by atoms with Crippen LogP contribution in [-0.2, 0) is 18.9 Å². The van der Waals surface area contributed by atoms with Gasteiger partial charge in [0.2, 0.25) is 46.1 Å². The molecule has 2 saturated heterocycles. The molecular formula is C74H68O39. The van der Waals surface area contributed by atoms with Crippen LogP contribution in [0.1, 0.15) is 41.5 Å². The number of phenolic OH excluding ortho intramolecular Hbond substituents is 18. The quantitative estimate of drug-likeness (QED) is 0.0660. The molecule has 10 atom stereocenters. The van der Waals surface area contributed by atoms with E-state index in [4.69, 9.17) is 62.8 Å². The Bertz CT molecular complexity index is 5540. The molecule has 0 spiro atoms. The van der Waals surface area contributed by atoms with Crippen LogP contribution >= 0.6 is 0 Å². The molecule has 39 heteroatoms. The number of methoxy groups -OCH3 is 1. The number of hydrogen-bond donors (Lipinski definition) is 25. The van der Waals surface area contributed by atoms with E-state index >= 15 is 0 Å². The van der Waals surface area contributed by atoms with E-state index in [-0.39, 0.29) is 96.3 Å². The third kappa shape index (κ3) is 17.6. The number of carbonyl (C=O) groups is 2. The monoisotopic (exact) mass is 1580 g/mol. The maximum absolute atomic E-state index is 13.2. The highest BCUT2D eigenvalue weighted by molar-refractivity contribution is 5.93. The van der Waals surface area contributed by atoms with Gasteiger partial charge in [-0.2, -0.15) is 0 Å². The Hall–Kier alpha value is -14.2. The molecule has 25 N–H and O–H groups in total. The predicted octanol–water partition coefficient (Wildman–Crippen LogP) is 4.54. The summed E-state index contributed by atoms with van der Waals surface area (Å²) >= 11 is 0. The Labute approximate surface area is 629 Å². The van der Waals surface area contributed by atoms with Crippen LogP contribution in [0, 0.1) is 0 Å². The summed E-state index contributed by atoms with van der Waals surface area (Å²) in [5.41, 5.74) is -3.04. The van der Waals surface area contributed by atoms with Crippen LogP contribution in [0.3, 0.4) is 0 Å². The predicted molar refractivity (Wildman–Crippen MR) is 382 cm³/mol. The van der Waals surface area contributed by atoms with Gasteiger partial charge < -0.3 is 169 Å². The van der Waals surface area contributed by atoms with Crippen molar-refractivity contribution in [3.8, 4) is 155 Å². The van der Waals surface area contributed by atoms with Crippen molar-refractivity contribution in [3.05, 3.63) is 157 Å². The first kappa shape index (κ1) is 82.9. The van der Waals surface area contributed by atoms with Crippen molar-refractivity contribution in [2.45, 2.75) is 82.2 Å². The highest BCUT2D eigenvalue weighted by atomic mass is 16.7. The van der Waals surface area contributed by atoms with Gasteiger partial charge >= 0.3 is 11.9 Å². The SMILES string of the molecule is CC1OC(Oc2c(-c3ccc(O)c(O)c3)oc3cc(O)cc(O)c3c2=O)C(O)C(O)C1O.CC1OC(Oc2c(-c3ccc(O)cc3)oc3cc(O)cc(O)c3c2=O)C(O)C(O)C1O.CCOC(=O)c1cc(O)c(O)c(O)c1.COC(=O)c1cc(O)c(O)c(O)c1.O=c1c(O)c(-c2cc(O)c(O)c(O)c2)oc2cc(O)cc(O)c12. The highest BCUT2D eigenvalue weighted by Gasteiger charge is 2.46. The van der Waals surface area contributed by atoms with Crippen molar-refractivity contribution < 1.29 is 179 Å². The van der Waals surface area contributed by atoms with Gasteiger partial charge in [0, 0.05) is 53.1 Å². The lowest BCUT2D eigenvalue weighted by molar-refractivity contribution is -0.268. The van der Waals surface area contributed by atoms with E-state index < -0.39 is 193 Å². The van der Waals surface area contributed by atoms with Gasteiger partial charge in [0.1, 0.15) is 110 Å². The molecule has 2 aliphatic heterocycles. The number of benzene rings is 8. The zero-order valence-electron chi connectivity index (χ0n) is 58.3. The lowest BCUT2D eigenvalue weighted by atomic mass is 10.00. The van der Waals surface area contributed by atoms with E-state index in [0.717, 1.165) is 84.9 Å². The first-order valence-corrected chi connectivity index (χ1v) is 32.5. The summed E-state index contributed by atoms with van der Waals surface area (Å²) < 4.78 is 47.7. The largest absolute Gasteiger partial charge is 0.508 e. The van der Waals surface area contributed by atoms with E-state index in [1.165, 1.54) is 51.3 Å². The van der Waals surface area contributed by atoms with Crippen molar-refractivity contribution >= 4 is 44.8 Å². The van der Waals surface area contributed by atoms with Gasteiger partial charge in [-0.05, 0) is 99.6 Å². The van der Waals surface area contributed by atoms with Crippen molar-refractivity contribution in [1.29, 1.82) is 0 Å². The molecule has 39 nitrogen and oxygen atoms in total. The van der Waals surface area contributed by atoms with Crippen LogP contribution in [-0.4, -0.2) is 215 Å². The number of ether oxygens (including phenoxy) is 6. The lowest BCUT2D eigenvalue weighted by Gasteiger charge is -2.38. The molecule has 2 fully saturated rings. The molecule has 113 heavy (non-hydrogen) atoms. The third-order valence-electron chi connectivity index (χ3n) is 16.6. The first-order valence-electron chi connectivity index (χ1n) is 32.5. The number of esters is 2. The van der Waals surface area contributed by atoms with Crippen molar-refractivity contribution in [2.75, 3.05) is 13.7 Å². The topological polar surface area (TPSA) is 686 Å². The van der Waals surface area contributed by atoms with E-state index in [1.54, 1.807) is 6.92 Å². The second-order valence-electron chi connectivity index (χ2n) is 24.5. The average Bonchev–Trinajstić information content (AvgIpc) is 0.755. The van der Waals surface area contributed by atoms with Gasteiger partial charge in [0.25, 0.3) is 0 Å². The van der Waals surface area contributed by atoms with Gasteiger partial charge in [-0.1, -0.05) is 0 Å². The number of aromatic hydroxyl groups is 19. The minimum atomic E-state index is -1.74. The van der Waals surface area contributed by atoms with E-state index in [2.05, 4.69) is 9.47 Å². The summed E-state index contributed by atoms with van der Waals surface area (Å²) in [4.78, 5) is 60.6. The van der Waals surface area contributed by atoms with Crippen LogP contribution in [0.4, 0.5) is 0 Å². The summed E-state index contributed by atoms with van der Waals surface area (Å²) in [5, 5.41) is 240. The van der Waals surface area contributed by atoms with Crippen molar-refractivity contribution in [2.24, 2.45) is 0 Å². The van der Waals surface area contributed by atoms with Crippen LogP contribution in [0.25, 0.3) is 66.9 Å². The third-order valence-corrected chi connectivity index (χ3v) is 16.6. The molecule has 0 bridgehead atoms. The van der Waals surface area contributed by atoms with E-state index in [1.807, 2.05) is 0 Å². The molecule has 0 aliphatic carbocycles. The summed E-state index contributed by atoms with van der Waals surface area (Å²) in [5.74, 6) is -13.7. The Balaban J connectivity index is 0.000000169. The zero-order chi connectivity index (χ0) is 83.4. The minimum Gasteiger partial charge on any atom is -0.508 e. The second kappa shape index (κ2) is 33.7. The Morgan fingerprint density at radius 3 is 1.07 bits per heavy atom. The molecule has 0 radical (unpaired) electrons. The summed E-state index contributed by atoms with van der Waals surface area (Å²) in [7, 11) is 1.17. The van der Waals surface area contributed by atoms with Gasteiger partial charge in [-0.3, -0.25) is 14.4 Å². The van der Waals surface area contributed by atoms with Gasteiger partial charge in [0.05, 0.1) is 37.1 Å². The molecule has 0 amide bonds. The van der Waals surface area contributed by atoms with Gasteiger partial charge in [-0.15, -0.1) is 0 Å². The number of fused-ring (bicyclic) bond motifs is 3. The van der Waals surface area contributed by atoms with Gasteiger partial charge in [-0.25, -0.2) is 9.59 Å². The summed E-state index contributed by atoms with van der Waals surface area (Å²) in [6.07, 6.45) is -14.5. The molecule has 13 rings (SSSR count). The van der Waals surface area contributed by atoms with Crippen molar-refractivity contribution in [3.63, 3.8) is 0 Å². The molecule has 11 aromatic rings. The molecule has 3 aromatic heterocycles. The fraction of sp³-hybridized carbons (Fsp3) is 0.203. The van der Waals surface area contributed by atoms with E-state index in [9.17, 15) is 121 Å². The van der Waals surface area contributed by atoms with Gasteiger partial charge in [0.15, 0.2) is 80.5 Å². The maximum atomic E-state index is 13.2. The fourth-order valence-electron chi connectivity index (χ4n) is 10.8. The standard InChI is InChI=1S/C21H20O11.C21H20O10.C15H10O8.C9H10O5.C8H8O5/c1-7-15(26)17(28)18(29)21(30-7)32-20-16(27)14-12(25)5-9(22)6-13(14)31-19(20)8-2-3-10(23)11(24)4-8;1-8-15(25)17(27)18(28)21(29-8)31-20-16(26)14-12(24)6-11(23)7-13(14)30-19(20)9-2-4-10(22)5-3-9;16-6-3-7(17)11-10(4-6)23-15(14(22)13(11)21)5-1-8(18)12(20)9(19)2-5;1-2-14-9(13)5-3-6(10)8(12)7(11)4-5;1-13-8(12)4-2-5(9)7(11)6(10)3-4/h2-7,15,17-18,21-26,28-29H,1H3;2-8,15,17-18,21-25,27-28H,1H3;1-4,16-20,22H;3-4,10-12H,2H2,1H3;2-3,9-11H,1H3. The number of rotatable bonds is 10. The van der Waals surface area contributed by atoms with Crippen LogP contribution < -0.4 is 25.8 Å². The molecular weight excluding hydrogens is 1510 g/mol. The molecule has 10 unspecified atom stereocenters. The van der Waals surface area contributed by atoms with Crippen LogP contribution in [0.5, 0.6) is 121 Å². The fourth-order valence-corrected chi connectivity index (χ4v) is 10.8. The number of aliphatic hydroxyl groups is 6. The maximum Gasteiger partial charge on any atom is 0.338 e. The number of carbonyl (C=O) groups excluding carboxylic acids is 2. The smallest absolute Gasteiger partial charge is 0.338 e. The summed E-state index contributed by atoms with van der Waals surface area (Å²) in [6, 6.07) is 21.1. The number of phenols is 18. The second-order valence-corrected chi connectivity index (χ2v) is 24.5. The summed E-state index contributed by atoms with van der Waals surface area (Å²) in [6.45, 7) is 4.71. The first-order chi connectivity index (χ1) is 53.2. The lowest BCUT2D eigenvalue weighted by Crippen LogP contribution is -2.58. The number of aliphatic hydroxyl groups excluding tert-OH is 6. The molecule has 2 aliphatic rings. The Kier molecular flexibility index (Phi) is 24.7. The highest BCUT2D eigenvalue weighted by Crippen LogP contribution is 2.45. The molecule has 8 aromatic carbocycles. The molecule has 598 valence electrons. The van der Waals surface area contributed by atoms with Crippen LogP contribution in [0.15, 0.2) is 143 Å². The molecule has 0 saturated carbocycles. The average molecular weight is 1580 g/mol. The van der Waals surface area contributed by atoms with Crippen LogP contribution in [0.2, 0.25) is 0 Å².